The van der Waals surface area contributed by atoms with Crippen LogP contribution in [0.3, 0.4) is 0 Å². The molecule has 0 rings (SSSR count). The predicted molar refractivity (Wildman–Crippen MR) is 90.7 cm³/mol. The molecule has 7 nitrogen and oxygen atoms in total. The number of carbonyl (C=O) groups is 2. The van der Waals surface area contributed by atoms with E-state index in [2.05, 4.69) is 26.1 Å². The van der Waals surface area contributed by atoms with E-state index in [4.69, 9.17) is 14.2 Å². The van der Waals surface area contributed by atoms with Crippen molar-refractivity contribution in [2.45, 2.75) is 72.4 Å². The van der Waals surface area contributed by atoms with Gasteiger partial charge >= 0.3 is 6.09 Å². The summed E-state index contributed by atoms with van der Waals surface area (Å²) in [4.78, 5) is 21.8. The van der Waals surface area contributed by atoms with Crippen molar-refractivity contribution < 1.29 is 28.9 Å². The van der Waals surface area contributed by atoms with Crippen LogP contribution in [-0.2, 0) is 19.0 Å². The molecule has 24 heavy (non-hydrogen) atoms. The van der Waals surface area contributed by atoms with Crippen LogP contribution < -0.4 is 5.32 Å². The quantitative estimate of drug-likeness (QED) is 0.358. The average molecular weight is 347 g/mol. The number of hydrogen-bond acceptors (Lipinski definition) is 6. The second kappa shape index (κ2) is 10.6. The maximum Gasteiger partial charge on any atom is 0.407 e. The van der Waals surface area contributed by atoms with Crippen molar-refractivity contribution in [2.24, 2.45) is 5.41 Å². The van der Waals surface area contributed by atoms with Gasteiger partial charge in [-0.15, -0.1) is 0 Å². The third kappa shape index (κ3) is 13.3. The SMILES string of the molecule is CC(C)(C)CC(CO)OC(COC(=O)NCCC=O)OC(C)(C)C. The lowest BCUT2D eigenvalue weighted by molar-refractivity contribution is -0.236. The number of hydrogen-bond donors (Lipinski definition) is 2. The average Bonchev–Trinajstić information content (AvgIpc) is 2.41. The Morgan fingerprint density at radius 3 is 2.29 bits per heavy atom. The summed E-state index contributed by atoms with van der Waals surface area (Å²) in [6.45, 7) is 11.7. The lowest BCUT2D eigenvalue weighted by Crippen LogP contribution is -2.39. The number of alkyl carbamates (subject to hydrolysis) is 1. The van der Waals surface area contributed by atoms with Crippen LogP contribution in [0.15, 0.2) is 0 Å². The first-order valence-electron chi connectivity index (χ1n) is 8.25. The van der Waals surface area contributed by atoms with E-state index in [9.17, 15) is 14.7 Å². The van der Waals surface area contributed by atoms with E-state index in [-0.39, 0.29) is 31.6 Å². The Labute approximate surface area is 145 Å². The van der Waals surface area contributed by atoms with Gasteiger partial charge in [0.25, 0.3) is 0 Å². The summed E-state index contributed by atoms with van der Waals surface area (Å²) < 4.78 is 16.6. The predicted octanol–water partition coefficient (Wildman–Crippen LogP) is 2.26. The highest BCUT2D eigenvalue weighted by atomic mass is 16.7. The summed E-state index contributed by atoms with van der Waals surface area (Å²) in [5.41, 5.74) is -0.517. The number of aliphatic hydroxyl groups excluding tert-OH is 1. The van der Waals surface area contributed by atoms with E-state index >= 15 is 0 Å². The number of rotatable bonds is 10. The Balaban J connectivity index is 4.61. The van der Waals surface area contributed by atoms with Crippen LogP contribution in [0.25, 0.3) is 0 Å². The summed E-state index contributed by atoms with van der Waals surface area (Å²) in [5, 5.41) is 12.0. The number of aliphatic hydroxyl groups is 1. The number of nitrogens with one attached hydrogen (secondary N) is 1. The molecule has 2 atom stereocenters. The molecule has 0 heterocycles. The molecular weight excluding hydrogens is 314 g/mol. The van der Waals surface area contributed by atoms with Gasteiger partial charge in [-0.1, -0.05) is 20.8 Å². The Hall–Kier alpha value is -1.18. The minimum absolute atomic E-state index is 0.0211. The summed E-state index contributed by atoms with van der Waals surface area (Å²) in [7, 11) is 0. The van der Waals surface area contributed by atoms with Crippen LogP contribution in [0.2, 0.25) is 0 Å². The zero-order valence-electron chi connectivity index (χ0n) is 15.8. The molecule has 2 unspecified atom stereocenters. The van der Waals surface area contributed by atoms with Crippen molar-refractivity contribution in [1.82, 2.24) is 5.32 Å². The second-order valence-electron chi connectivity index (χ2n) is 7.85. The number of ether oxygens (including phenoxy) is 3. The third-order valence-electron chi connectivity index (χ3n) is 2.75. The first kappa shape index (κ1) is 22.8. The molecule has 0 aromatic carbocycles. The molecule has 0 aliphatic carbocycles. The van der Waals surface area contributed by atoms with Gasteiger partial charge < -0.3 is 29.4 Å². The largest absolute Gasteiger partial charge is 0.444 e. The molecule has 0 bridgehead atoms. The lowest BCUT2D eigenvalue weighted by Gasteiger charge is -2.32. The summed E-state index contributed by atoms with van der Waals surface area (Å²) >= 11 is 0. The zero-order chi connectivity index (χ0) is 18.8. The van der Waals surface area contributed by atoms with Gasteiger partial charge in [-0.25, -0.2) is 4.79 Å². The number of carbonyl (C=O) groups excluding carboxylic acids is 2. The van der Waals surface area contributed by atoms with Crippen molar-refractivity contribution in [2.75, 3.05) is 19.8 Å². The topological polar surface area (TPSA) is 94.1 Å². The normalized spacial score (nSPS) is 14.8. The van der Waals surface area contributed by atoms with Gasteiger partial charge in [-0.05, 0) is 32.6 Å². The van der Waals surface area contributed by atoms with Crippen molar-refractivity contribution in [3.8, 4) is 0 Å². The van der Waals surface area contributed by atoms with E-state index in [0.29, 0.717) is 12.7 Å². The maximum atomic E-state index is 11.6. The van der Waals surface area contributed by atoms with Crippen molar-refractivity contribution >= 4 is 12.4 Å². The fourth-order valence-corrected chi connectivity index (χ4v) is 1.98. The molecule has 0 radical (unpaired) electrons. The zero-order valence-corrected chi connectivity index (χ0v) is 15.8. The Kier molecular flexibility index (Phi) is 10.1. The van der Waals surface area contributed by atoms with Crippen LogP contribution in [-0.4, -0.2) is 55.2 Å². The molecule has 0 saturated carbocycles. The highest BCUT2D eigenvalue weighted by Gasteiger charge is 2.26. The minimum Gasteiger partial charge on any atom is -0.444 e. The lowest BCUT2D eigenvalue weighted by atomic mass is 9.89. The summed E-state index contributed by atoms with van der Waals surface area (Å²) in [6.07, 6.45) is -0.266. The van der Waals surface area contributed by atoms with Gasteiger partial charge in [0, 0.05) is 13.0 Å². The van der Waals surface area contributed by atoms with Gasteiger partial charge in [0.15, 0.2) is 6.29 Å². The molecule has 0 aliphatic heterocycles. The molecule has 1 amide bonds. The van der Waals surface area contributed by atoms with Gasteiger partial charge in [0.2, 0.25) is 0 Å². The molecule has 0 saturated heterocycles. The fourth-order valence-electron chi connectivity index (χ4n) is 1.98. The Morgan fingerprint density at radius 2 is 1.83 bits per heavy atom. The molecule has 0 aromatic rings. The highest BCUT2D eigenvalue weighted by Crippen LogP contribution is 2.24. The van der Waals surface area contributed by atoms with Crippen molar-refractivity contribution in [3.63, 3.8) is 0 Å². The van der Waals surface area contributed by atoms with Crippen LogP contribution in [0, 0.1) is 5.41 Å². The van der Waals surface area contributed by atoms with Gasteiger partial charge in [0.1, 0.15) is 12.9 Å². The second-order valence-corrected chi connectivity index (χ2v) is 7.85. The standard InChI is InChI=1S/C17H33NO6/c1-16(2,3)10-13(11-20)23-14(24-17(4,5)6)12-22-15(21)18-8-7-9-19/h9,13-14,20H,7-8,10-12H2,1-6H3,(H,18,21). The van der Waals surface area contributed by atoms with E-state index < -0.39 is 24.1 Å². The summed E-state index contributed by atoms with van der Waals surface area (Å²) in [6, 6.07) is 0. The van der Waals surface area contributed by atoms with Crippen LogP contribution in [0.5, 0.6) is 0 Å². The maximum absolute atomic E-state index is 11.6. The molecule has 0 aromatic heterocycles. The smallest absolute Gasteiger partial charge is 0.407 e. The molecule has 142 valence electrons. The van der Waals surface area contributed by atoms with Crippen LogP contribution in [0.1, 0.15) is 54.4 Å². The molecule has 2 N–H and O–H groups in total. The first-order chi connectivity index (χ1) is 11.0. The fraction of sp³-hybridized carbons (Fsp3) is 0.882. The van der Waals surface area contributed by atoms with E-state index in [1.807, 2.05) is 20.8 Å². The Morgan fingerprint density at radius 1 is 1.21 bits per heavy atom. The molecule has 0 spiro atoms. The van der Waals surface area contributed by atoms with Crippen molar-refractivity contribution in [3.05, 3.63) is 0 Å². The highest BCUT2D eigenvalue weighted by molar-refractivity contribution is 5.67. The van der Waals surface area contributed by atoms with E-state index in [1.165, 1.54) is 0 Å². The molecular formula is C17H33NO6. The van der Waals surface area contributed by atoms with E-state index in [1.54, 1.807) is 0 Å². The first-order valence-corrected chi connectivity index (χ1v) is 8.25. The van der Waals surface area contributed by atoms with Crippen LogP contribution in [0.4, 0.5) is 4.79 Å². The van der Waals surface area contributed by atoms with Crippen molar-refractivity contribution in [1.29, 1.82) is 0 Å². The monoisotopic (exact) mass is 347 g/mol. The number of aldehydes is 1. The minimum atomic E-state index is -0.790. The van der Waals surface area contributed by atoms with Gasteiger partial charge in [0.05, 0.1) is 18.3 Å². The molecule has 0 aliphatic rings. The number of amides is 1. The summed E-state index contributed by atoms with van der Waals surface area (Å²) in [5.74, 6) is 0. The third-order valence-corrected chi connectivity index (χ3v) is 2.75. The van der Waals surface area contributed by atoms with Crippen LogP contribution >= 0.6 is 0 Å². The van der Waals surface area contributed by atoms with Gasteiger partial charge in [-0.2, -0.15) is 0 Å². The van der Waals surface area contributed by atoms with Gasteiger partial charge in [-0.3, -0.25) is 0 Å². The van der Waals surface area contributed by atoms with E-state index in [0.717, 1.165) is 0 Å². The molecule has 0 fully saturated rings. The molecule has 7 heteroatoms. The Bertz CT molecular complexity index is 372.